The molecule has 184 valence electrons. The van der Waals surface area contributed by atoms with E-state index in [4.69, 9.17) is 0 Å². The van der Waals surface area contributed by atoms with Crippen molar-refractivity contribution in [3.63, 3.8) is 0 Å². The number of piperidine rings is 1. The second kappa shape index (κ2) is 9.97. The van der Waals surface area contributed by atoms with Crippen LogP contribution in [0.25, 0.3) is 11.4 Å². The van der Waals surface area contributed by atoms with Gasteiger partial charge < -0.3 is 10.2 Å². The maximum absolute atomic E-state index is 14.4. The summed E-state index contributed by atoms with van der Waals surface area (Å²) in [6.45, 7) is 4.43. The molecule has 3 heterocycles. The fourth-order valence-electron chi connectivity index (χ4n) is 4.32. The fraction of sp³-hybridized carbons (Fsp3) is 0.360. The van der Waals surface area contributed by atoms with Gasteiger partial charge in [-0.25, -0.2) is 19.3 Å². The number of anilines is 1. The van der Waals surface area contributed by atoms with Crippen LogP contribution >= 0.6 is 0 Å². The Morgan fingerprint density at radius 2 is 1.91 bits per heavy atom. The number of halogens is 4. The van der Waals surface area contributed by atoms with Gasteiger partial charge in [0.05, 0.1) is 17.2 Å². The molecule has 1 saturated heterocycles. The number of aromatic nitrogens is 3. The third kappa shape index (κ3) is 5.41. The molecule has 4 rings (SSSR count). The summed E-state index contributed by atoms with van der Waals surface area (Å²) in [5.41, 5.74) is 0.129. The van der Waals surface area contributed by atoms with Crippen molar-refractivity contribution in [1.29, 1.82) is 0 Å². The molecule has 1 aromatic carbocycles. The summed E-state index contributed by atoms with van der Waals surface area (Å²) in [4.78, 5) is 27.8. The third-order valence-electron chi connectivity index (χ3n) is 6.30. The van der Waals surface area contributed by atoms with Crippen LogP contribution in [0.1, 0.15) is 41.3 Å². The lowest BCUT2D eigenvalue weighted by Gasteiger charge is -2.40. The van der Waals surface area contributed by atoms with Crippen molar-refractivity contribution in [3.05, 3.63) is 71.4 Å². The highest BCUT2D eigenvalue weighted by atomic mass is 19.4. The summed E-state index contributed by atoms with van der Waals surface area (Å²) >= 11 is 0. The number of hydrogen-bond acceptors (Lipinski definition) is 5. The van der Waals surface area contributed by atoms with Gasteiger partial charge >= 0.3 is 6.18 Å². The maximum atomic E-state index is 14.4. The van der Waals surface area contributed by atoms with E-state index in [9.17, 15) is 22.4 Å². The number of hydrogen-bond donors (Lipinski definition) is 1. The monoisotopic (exact) mass is 487 g/mol. The van der Waals surface area contributed by atoms with Crippen LogP contribution in [0, 0.1) is 18.7 Å². The third-order valence-corrected chi connectivity index (χ3v) is 6.30. The van der Waals surface area contributed by atoms with E-state index in [0.717, 1.165) is 25.1 Å². The summed E-state index contributed by atoms with van der Waals surface area (Å²) in [5, 5.41) is 3.07. The Kier molecular flexibility index (Phi) is 7.00. The van der Waals surface area contributed by atoms with Gasteiger partial charge in [-0.3, -0.25) is 4.79 Å². The van der Waals surface area contributed by atoms with Crippen LogP contribution in [0.15, 0.2) is 48.9 Å². The number of carbonyl (C=O) groups is 1. The standard InChI is InChI=1S/C25H25F4N5O/c1-15-5-3-10-34(21(15)14-33-22-7-6-17(13-32-22)25(27,28)29)24(35)19-11-16(2)20(26)12-18(19)23-30-8-4-9-31-23/h4,6-9,11-13,15,21H,3,5,10,14H2,1-2H3,(H,32,33). The maximum Gasteiger partial charge on any atom is 0.417 e. The first-order chi connectivity index (χ1) is 16.6. The van der Waals surface area contributed by atoms with Gasteiger partial charge in [0, 0.05) is 37.2 Å². The molecule has 6 nitrogen and oxygen atoms in total. The van der Waals surface area contributed by atoms with E-state index in [1.54, 1.807) is 17.9 Å². The largest absolute Gasteiger partial charge is 0.417 e. The van der Waals surface area contributed by atoms with Crippen molar-refractivity contribution in [2.75, 3.05) is 18.4 Å². The zero-order valence-electron chi connectivity index (χ0n) is 19.3. The minimum absolute atomic E-state index is 0.132. The Bertz CT molecular complexity index is 1180. The smallest absolute Gasteiger partial charge is 0.368 e. The Balaban J connectivity index is 1.60. The van der Waals surface area contributed by atoms with Gasteiger partial charge in [-0.15, -0.1) is 0 Å². The van der Waals surface area contributed by atoms with Crippen LogP contribution in [0.5, 0.6) is 0 Å². The molecular formula is C25H25F4N5O. The van der Waals surface area contributed by atoms with Crippen LogP contribution in [0.2, 0.25) is 0 Å². The number of nitrogens with zero attached hydrogens (tertiary/aromatic N) is 4. The number of rotatable bonds is 5. The highest BCUT2D eigenvalue weighted by molar-refractivity contribution is 6.00. The number of alkyl halides is 3. The molecule has 0 radical (unpaired) electrons. The molecule has 1 aliphatic rings. The Hall–Kier alpha value is -3.56. The van der Waals surface area contributed by atoms with E-state index in [1.165, 1.54) is 30.6 Å². The highest BCUT2D eigenvalue weighted by Gasteiger charge is 2.34. The van der Waals surface area contributed by atoms with E-state index in [0.29, 0.717) is 35.6 Å². The van der Waals surface area contributed by atoms with E-state index in [-0.39, 0.29) is 23.7 Å². The summed E-state index contributed by atoms with van der Waals surface area (Å²) in [7, 11) is 0. The number of pyridine rings is 1. The number of aryl methyl sites for hydroxylation is 1. The zero-order chi connectivity index (χ0) is 25.2. The van der Waals surface area contributed by atoms with Crippen molar-refractivity contribution < 1.29 is 22.4 Å². The summed E-state index contributed by atoms with van der Waals surface area (Å²) < 4.78 is 52.9. The normalized spacial score (nSPS) is 18.4. The van der Waals surface area contributed by atoms with Crippen LogP contribution in [0.4, 0.5) is 23.4 Å². The predicted molar refractivity (Wildman–Crippen MR) is 123 cm³/mol. The number of likely N-dealkylation sites (tertiary alicyclic amines) is 1. The van der Waals surface area contributed by atoms with Gasteiger partial charge in [-0.1, -0.05) is 6.92 Å². The van der Waals surface area contributed by atoms with Crippen molar-refractivity contribution in [3.8, 4) is 11.4 Å². The number of carbonyl (C=O) groups excluding carboxylic acids is 1. The highest BCUT2D eigenvalue weighted by Crippen LogP contribution is 2.31. The van der Waals surface area contributed by atoms with Crippen LogP contribution < -0.4 is 5.32 Å². The molecule has 35 heavy (non-hydrogen) atoms. The van der Waals surface area contributed by atoms with Gasteiger partial charge in [0.25, 0.3) is 5.91 Å². The first-order valence-electron chi connectivity index (χ1n) is 11.3. The number of benzene rings is 1. The average Bonchev–Trinajstić information content (AvgIpc) is 2.84. The lowest BCUT2D eigenvalue weighted by molar-refractivity contribution is -0.137. The van der Waals surface area contributed by atoms with Crippen molar-refractivity contribution in [2.45, 2.75) is 38.9 Å². The van der Waals surface area contributed by atoms with Crippen LogP contribution in [-0.2, 0) is 6.18 Å². The molecule has 0 bridgehead atoms. The minimum Gasteiger partial charge on any atom is -0.368 e. The Labute approximate surface area is 200 Å². The van der Waals surface area contributed by atoms with Crippen LogP contribution in [-0.4, -0.2) is 44.9 Å². The van der Waals surface area contributed by atoms with Crippen molar-refractivity contribution >= 4 is 11.7 Å². The molecule has 2 atom stereocenters. The molecule has 0 aliphatic carbocycles. The van der Waals surface area contributed by atoms with Crippen LogP contribution in [0.3, 0.4) is 0 Å². The first kappa shape index (κ1) is 24.6. The van der Waals surface area contributed by atoms with E-state index in [1.807, 2.05) is 6.92 Å². The average molecular weight is 488 g/mol. The molecule has 0 spiro atoms. The van der Waals surface area contributed by atoms with Gasteiger partial charge in [0.2, 0.25) is 0 Å². The topological polar surface area (TPSA) is 71.0 Å². The number of amides is 1. The molecule has 1 amide bonds. The van der Waals surface area contributed by atoms with E-state index >= 15 is 0 Å². The fourth-order valence-corrected chi connectivity index (χ4v) is 4.32. The molecule has 2 unspecified atom stereocenters. The quantitative estimate of drug-likeness (QED) is 0.491. The Morgan fingerprint density at radius 3 is 2.57 bits per heavy atom. The number of nitrogens with one attached hydrogen (secondary N) is 1. The molecule has 1 N–H and O–H groups in total. The molecular weight excluding hydrogens is 462 g/mol. The zero-order valence-corrected chi connectivity index (χ0v) is 19.3. The van der Waals surface area contributed by atoms with Gasteiger partial charge in [-0.2, -0.15) is 13.2 Å². The second-order valence-corrected chi connectivity index (χ2v) is 8.72. The first-order valence-corrected chi connectivity index (χ1v) is 11.3. The molecule has 1 fully saturated rings. The minimum atomic E-state index is -4.46. The summed E-state index contributed by atoms with van der Waals surface area (Å²) in [6, 6.07) is 6.44. The predicted octanol–water partition coefficient (Wildman–Crippen LogP) is 5.36. The lowest BCUT2D eigenvalue weighted by Crippen LogP contribution is -2.51. The summed E-state index contributed by atoms with van der Waals surface area (Å²) in [6.07, 6.45) is 1.08. The second-order valence-electron chi connectivity index (χ2n) is 8.72. The molecule has 2 aromatic heterocycles. The van der Waals surface area contributed by atoms with Gasteiger partial charge in [0.15, 0.2) is 5.82 Å². The van der Waals surface area contributed by atoms with E-state index in [2.05, 4.69) is 20.3 Å². The van der Waals surface area contributed by atoms with Crippen molar-refractivity contribution in [2.24, 2.45) is 5.92 Å². The lowest BCUT2D eigenvalue weighted by atomic mass is 9.89. The molecule has 10 heteroatoms. The van der Waals surface area contributed by atoms with Crippen molar-refractivity contribution in [1.82, 2.24) is 19.9 Å². The Morgan fingerprint density at radius 1 is 1.17 bits per heavy atom. The summed E-state index contributed by atoms with van der Waals surface area (Å²) in [5.74, 6) is -0.0490. The van der Waals surface area contributed by atoms with Gasteiger partial charge in [0.1, 0.15) is 11.6 Å². The molecule has 3 aromatic rings. The SMILES string of the molecule is Cc1cc(C(=O)N2CCCC(C)C2CNc2ccc(C(F)(F)F)cn2)c(-c2ncccn2)cc1F. The molecule has 1 aliphatic heterocycles. The van der Waals surface area contributed by atoms with E-state index < -0.39 is 17.6 Å². The van der Waals surface area contributed by atoms with Gasteiger partial charge in [-0.05, 0) is 61.6 Å². The molecule has 0 saturated carbocycles.